The van der Waals surface area contributed by atoms with E-state index in [0.29, 0.717) is 37.6 Å². The van der Waals surface area contributed by atoms with Crippen molar-refractivity contribution in [2.24, 2.45) is 0 Å². The van der Waals surface area contributed by atoms with E-state index in [4.69, 9.17) is 9.47 Å². The summed E-state index contributed by atoms with van der Waals surface area (Å²) >= 11 is 7.06. The highest BCUT2D eigenvalue weighted by Crippen LogP contribution is 2.33. The lowest BCUT2D eigenvalue weighted by Gasteiger charge is -2.28. The third-order valence-electron chi connectivity index (χ3n) is 11.0. The van der Waals surface area contributed by atoms with E-state index in [1.165, 1.54) is 0 Å². The van der Waals surface area contributed by atoms with E-state index in [2.05, 4.69) is 99.6 Å². The summed E-state index contributed by atoms with van der Waals surface area (Å²) in [7, 11) is -6.77. The van der Waals surface area contributed by atoms with E-state index in [-0.39, 0.29) is 0 Å². The molecular formula is C56H54Br2N4O6S2. The van der Waals surface area contributed by atoms with E-state index in [1.54, 1.807) is 12.1 Å². The van der Waals surface area contributed by atoms with Crippen LogP contribution in [0.25, 0.3) is 0 Å². The molecule has 8 aromatic rings. The standard InChI is InChI=1S/2C28H27BrN2O3S/c1-21-27(30-35(2,32)33)12-7-13-28(21)31(20-23-8-6-9-24(29)18-23)19-22-14-16-26(17-15-22)34-25-10-4-3-5-11-25;1-21-27(30-35(2,32)33)9-6-10-28(21)31(19-22-11-15-24(29)16-12-22)20-23-13-17-26(18-14-23)34-25-7-4-3-5-8-25/h2*3-18,30H,19-20H2,1-2H3. The van der Waals surface area contributed by atoms with Crippen LogP contribution in [0.4, 0.5) is 22.7 Å². The number of benzene rings is 8. The van der Waals surface area contributed by atoms with Gasteiger partial charge in [-0.15, -0.1) is 0 Å². The molecule has 0 amide bonds. The number of nitrogens with one attached hydrogen (secondary N) is 2. The van der Waals surface area contributed by atoms with E-state index in [9.17, 15) is 16.8 Å². The summed E-state index contributed by atoms with van der Waals surface area (Å²) in [4.78, 5) is 4.50. The predicted octanol–water partition coefficient (Wildman–Crippen LogP) is 14.3. The van der Waals surface area contributed by atoms with Gasteiger partial charge in [0.05, 0.1) is 23.9 Å². The van der Waals surface area contributed by atoms with Gasteiger partial charge < -0.3 is 19.3 Å². The number of hydrogen-bond acceptors (Lipinski definition) is 8. The summed E-state index contributed by atoms with van der Waals surface area (Å²) in [6.45, 7) is 6.48. The molecule has 360 valence electrons. The summed E-state index contributed by atoms with van der Waals surface area (Å²) in [5.74, 6) is 3.13. The molecule has 0 spiro atoms. The second kappa shape index (κ2) is 23.8. The molecule has 70 heavy (non-hydrogen) atoms. The van der Waals surface area contributed by atoms with Gasteiger partial charge in [-0.1, -0.05) is 129 Å². The topological polar surface area (TPSA) is 117 Å². The highest BCUT2D eigenvalue weighted by molar-refractivity contribution is 9.10. The number of nitrogens with zero attached hydrogens (tertiary/aromatic N) is 2. The van der Waals surface area contributed by atoms with Crippen molar-refractivity contribution in [2.45, 2.75) is 40.0 Å². The Balaban J connectivity index is 0.000000206. The quantitative estimate of drug-likeness (QED) is 0.0873. The normalized spacial score (nSPS) is 11.2. The second-order valence-corrected chi connectivity index (χ2v) is 22.1. The van der Waals surface area contributed by atoms with Gasteiger partial charge in [0.2, 0.25) is 20.0 Å². The first-order valence-corrected chi connectivity index (χ1v) is 27.7. The number of ether oxygens (including phenoxy) is 2. The van der Waals surface area contributed by atoms with Crippen molar-refractivity contribution < 1.29 is 26.3 Å². The molecule has 0 atom stereocenters. The SMILES string of the molecule is Cc1c(NS(C)(=O)=O)cccc1N(Cc1ccc(Br)cc1)Cc1ccc(Oc2ccccc2)cc1.Cc1c(NS(C)(=O)=O)cccc1N(Cc1ccc(Oc2ccccc2)cc1)Cc1cccc(Br)c1. The molecule has 8 rings (SSSR count). The van der Waals surface area contributed by atoms with Gasteiger partial charge in [0.25, 0.3) is 0 Å². The lowest BCUT2D eigenvalue weighted by Crippen LogP contribution is -2.23. The summed E-state index contributed by atoms with van der Waals surface area (Å²) in [5, 5.41) is 0. The first-order chi connectivity index (χ1) is 33.5. The summed E-state index contributed by atoms with van der Waals surface area (Å²) < 4.78 is 66.7. The highest BCUT2D eigenvalue weighted by atomic mass is 79.9. The molecule has 14 heteroatoms. The van der Waals surface area contributed by atoms with Crippen molar-refractivity contribution >= 4 is 74.7 Å². The number of rotatable bonds is 18. The van der Waals surface area contributed by atoms with Gasteiger partial charge in [0, 0.05) is 46.5 Å². The van der Waals surface area contributed by atoms with Crippen molar-refractivity contribution in [3.8, 4) is 23.0 Å². The van der Waals surface area contributed by atoms with Gasteiger partial charge >= 0.3 is 0 Å². The lowest BCUT2D eigenvalue weighted by atomic mass is 10.1. The van der Waals surface area contributed by atoms with Crippen molar-refractivity contribution in [1.29, 1.82) is 0 Å². The van der Waals surface area contributed by atoms with Gasteiger partial charge in [0.15, 0.2) is 0 Å². The van der Waals surface area contributed by atoms with Gasteiger partial charge in [-0.05, 0) is 144 Å². The van der Waals surface area contributed by atoms with Crippen LogP contribution in [0, 0.1) is 13.8 Å². The maximum Gasteiger partial charge on any atom is 0.229 e. The van der Waals surface area contributed by atoms with Crippen molar-refractivity contribution in [3.63, 3.8) is 0 Å². The Morgan fingerprint density at radius 1 is 0.400 bits per heavy atom. The van der Waals surface area contributed by atoms with Crippen molar-refractivity contribution in [3.05, 3.63) is 236 Å². The zero-order valence-electron chi connectivity index (χ0n) is 39.2. The van der Waals surface area contributed by atoms with Gasteiger partial charge in [-0.25, -0.2) is 16.8 Å². The summed E-state index contributed by atoms with van der Waals surface area (Å²) in [6.07, 6.45) is 2.33. The Hall–Kier alpha value is -6.58. The van der Waals surface area contributed by atoms with Crippen molar-refractivity contribution in [2.75, 3.05) is 31.8 Å². The maximum absolute atomic E-state index is 11.9. The van der Waals surface area contributed by atoms with Crippen LogP contribution >= 0.6 is 31.9 Å². The zero-order valence-corrected chi connectivity index (χ0v) is 44.0. The average molecular weight is 1100 g/mol. The summed E-state index contributed by atoms with van der Waals surface area (Å²) in [5.41, 5.74) is 9.35. The zero-order chi connectivity index (χ0) is 49.7. The molecule has 0 fully saturated rings. The molecule has 10 nitrogen and oxygen atoms in total. The number of anilines is 4. The molecule has 0 aliphatic heterocycles. The number of hydrogen-bond donors (Lipinski definition) is 2. The lowest BCUT2D eigenvalue weighted by molar-refractivity contribution is 0.482. The first kappa shape index (κ1) is 51.3. The third kappa shape index (κ3) is 15.7. The molecule has 0 aromatic heterocycles. The van der Waals surface area contributed by atoms with E-state index in [0.717, 1.165) is 89.2 Å². The molecule has 8 aromatic carbocycles. The Bertz CT molecular complexity index is 3200. The molecule has 2 N–H and O–H groups in total. The smallest absolute Gasteiger partial charge is 0.229 e. The minimum atomic E-state index is -3.38. The fourth-order valence-electron chi connectivity index (χ4n) is 7.69. The van der Waals surface area contributed by atoms with E-state index >= 15 is 0 Å². The van der Waals surface area contributed by atoms with Crippen LogP contribution in [-0.2, 0) is 46.2 Å². The predicted molar refractivity (Wildman–Crippen MR) is 293 cm³/mol. The molecule has 0 heterocycles. The molecule has 0 unspecified atom stereocenters. The molecule has 0 aliphatic rings. The van der Waals surface area contributed by atoms with Gasteiger partial charge in [-0.2, -0.15) is 0 Å². The largest absolute Gasteiger partial charge is 0.457 e. The van der Waals surface area contributed by atoms with Crippen LogP contribution in [0.1, 0.15) is 33.4 Å². The van der Waals surface area contributed by atoms with E-state index < -0.39 is 20.0 Å². The Labute approximate surface area is 429 Å². The van der Waals surface area contributed by atoms with Crippen LogP contribution in [0.5, 0.6) is 23.0 Å². The third-order valence-corrected chi connectivity index (χ3v) is 13.2. The Morgan fingerprint density at radius 2 is 0.757 bits per heavy atom. The fourth-order valence-corrected chi connectivity index (χ4v) is 9.64. The molecular weight excluding hydrogens is 1050 g/mol. The van der Waals surface area contributed by atoms with Crippen LogP contribution in [0.3, 0.4) is 0 Å². The van der Waals surface area contributed by atoms with Crippen molar-refractivity contribution in [1.82, 2.24) is 0 Å². The second-order valence-electron chi connectivity index (χ2n) is 16.7. The molecule has 0 radical (unpaired) electrons. The monoisotopic (exact) mass is 1100 g/mol. The molecule has 0 bridgehead atoms. The molecule has 0 saturated carbocycles. The minimum absolute atomic E-state index is 0.579. The highest BCUT2D eigenvalue weighted by Gasteiger charge is 2.17. The minimum Gasteiger partial charge on any atom is -0.457 e. The molecule has 0 saturated heterocycles. The average Bonchev–Trinajstić information content (AvgIpc) is 3.32. The maximum atomic E-state index is 11.9. The summed E-state index contributed by atoms with van der Waals surface area (Å²) in [6, 6.07) is 63.3. The van der Waals surface area contributed by atoms with Crippen LogP contribution in [-0.4, -0.2) is 29.3 Å². The first-order valence-electron chi connectivity index (χ1n) is 22.3. The van der Waals surface area contributed by atoms with E-state index in [1.807, 2.05) is 147 Å². The Morgan fingerprint density at radius 3 is 1.14 bits per heavy atom. The van der Waals surface area contributed by atoms with Crippen LogP contribution in [0.15, 0.2) is 203 Å². The fraction of sp³-hybridized carbons (Fsp3) is 0.143. The number of sulfonamides is 2. The van der Waals surface area contributed by atoms with Crippen LogP contribution in [0.2, 0.25) is 0 Å². The molecule has 0 aliphatic carbocycles. The van der Waals surface area contributed by atoms with Crippen LogP contribution < -0.4 is 28.7 Å². The number of halogens is 2. The Kier molecular flexibility index (Phi) is 17.5. The van der Waals surface area contributed by atoms with Gasteiger partial charge in [0.1, 0.15) is 23.0 Å². The number of para-hydroxylation sites is 2. The van der Waals surface area contributed by atoms with Gasteiger partial charge in [-0.3, -0.25) is 9.44 Å².